The van der Waals surface area contributed by atoms with E-state index in [4.69, 9.17) is 9.72 Å². The minimum Gasteiger partial charge on any atom is -0.458 e. The normalized spacial score (nSPS) is 18.1. The van der Waals surface area contributed by atoms with Gasteiger partial charge in [0.05, 0.1) is 29.0 Å². The lowest BCUT2D eigenvalue weighted by Crippen LogP contribution is -2.44. The molecule has 1 aromatic carbocycles. The Morgan fingerprint density at radius 3 is 2.74 bits per heavy atom. The van der Waals surface area contributed by atoms with Gasteiger partial charge >= 0.3 is 5.97 Å². The molecule has 2 aliphatic rings. The van der Waals surface area contributed by atoms with E-state index < -0.39 is 11.6 Å². The summed E-state index contributed by atoms with van der Waals surface area (Å²) >= 11 is 0. The van der Waals surface area contributed by atoms with E-state index in [1.807, 2.05) is 0 Å². The van der Waals surface area contributed by atoms with Crippen LogP contribution in [0.5, 0.6) is 0 Å². The van der Waals surface area contributed by atoms with Gasteiger partial charge in [0, 0.05) is 28.5 Å². The van der Waals surface area contributed by atoms with Gasteiger partial charge in [-0.2, -0.15) is 0 Å². The summed E-state index contributed by atoms with van der Waals surface area (Å²) in [5.41, 5.74) is 3.89. The van der Waals surface area contributed by atoms with Crippen LogP contribution in [-0.2, 0) is 34.7 Å². The quantitative estimate of drug-likeness (QED) is 0.283. The molecule has 0 saturated heterocycles. The molecule has 6 nitrogen and oxygen atoms in total. The summed E-state index contributed by atoms with van der Waals surface area (Å²) in [7, 11) is 0. The van der Waals surface area contributed by atoms with Gasteiger partial charge in [-0.15, -0.1) is 0 Å². The molecule has 0 radical (unpaired) electrons. The first-order chi connectivity index (χ1) is 16.4. The molecular formula is C28H28N2O4. The maximum absolute atomic E-state index is 13.3. The summed E-state index contributed by atoms with van der Waals surface area (Å²) in [6.45, 7) is 6.23. The van der Waals surface area contributed by atoms with Gasteiger partial charge in [0.25, 0.3) is 5.56 Å². The lowest BCUT2D eigenvalue weighted by molar-refractivity contribution is -0.172. The summed E-state index contributed by atoms with van der Waals surface area (Å²) in [4.78, 5) is 30.7. The number of carbonyl (C=O) groups excluding carboxylic acids is 1. The third-order valence-corrected chi connectivity index (χ3v) is 6.96. The number of benzene rings is 1. The molecule has 34 heavy (non-hydrogen) atoms. The fourth-order valence-electron chi connectivity index (χ4n) is 4.94. The summed E-state index contributed by atoms with van der Waals surface area (Å²) in [6, 6.07) is 8.01. The molecular weight excluding hydrogens is 428 g/mol. The number of hydrogen-bond acceptors (Lipinski definition) is 5. The van der Waals surface area contributed by atoms with Crippen molar-refractivity contribution < 1.29 is 14.6 Å². The Morgan fingerprint density at radius 2 is 2.00 bits per heavy atom. The molecule has 0 amide bonds. The number of hydrogen-bond donors (Lipinski definition) is 1. The van der Waals surface area contributed by atoms with Crippen molar-refractivity contribution in [2.45, 2.75) is 71.6 Å². The van der Waals surface area contributed by atoms with Crippen LogP contribution in [0, 0.1) is 11.8 Å². The molecule has 2 aliphatic heterocycles. The zero-order chi connectivity index (χ0) is 24.0. The van der Waals surface area contributed by atoms with E-state index in [1.54, 1.807) is 17.6 Å². The molecule has 3 aromatic rings. The standard InChI is InChI=1S/C28H28N2O4/c1-4-7-8-9-10-17-11-18(5-2)24-19(12-17)13-20-15-30-23(25(20)29-24)14-22-21(26(30)31)16-34-27(32)28(22,33)6-3/h11-14,33H,4-8,15-16H2,1-3H3/t28-/m0/s1. The Kier molecular flexibility index (Phi) is 5.53. The molecule has 6 heteroatoms. The van der Waals surface area contributed by atoms with E-state index >= 15 is 0 Å². The van der Waals surface area contributed by atoms with Crippen molar-refractivity contribution in [2.24, 2.45) is 0 Å². The van der Waals surface area contributed by atoms with Crippen LogP contribution in [-0.4, -0.2) is 20.6 Å². The molecule has 0 unspecified atom stereocenters. The molecule has 0 spiro atoms. The van der Waals surface area contributed by atoms with Crippen LogP contribution >= 0.6 is 0 Å². The molecule has 0 saturated carbocycles. The molecule has 4 heterocycles. The minimum absolute atomic E-state index is 0.124. The number of ether oxygens (including phenoxy) is 1. The number of nitrogens with zero attached hydrogens (tertiary/aromatic N) is 2. The number of carbonyl (C=O) groups is 1. The number of unbranched alkanes of at least 4 members (excludes halogenated alkanes) is 2. The molecule has 174 valence electrons. The maximum Gasteiger partial charge on any atom is 0.343 e. The molecule has 0 aliphatic carbocycles. The number of cyclic esters (lactones) is 1. The third-order valence-electron chi connectivity index (χ3n) is 6.96. The second-order valence-corrected chi connectivity index (χ2v) is 9.07. The van der Waals surface area contributed by atoms with E-state index in [0.29, 0.717) is 23.4 Å². The minimum atomic E-state index is -1.82. The molecule has 0 bridgehead atoms. The topological polar surface area (TPSA) is 81.4 Å². The highest BCUT2D eigenvalue weighted by atomic mass is 16.6. The summed E-state index contributed by atoms with van der Waals surface area (Å²) in [6.07, 6.45) is 4.05. The van der Waals surface area contributed by atoms with Crippen molar-refractivity contribution in [3.63, 3.8) is 0 Å². The van der Waals surface area contributed by atoms with E-state index in [-0.39, 0.29) is 18.6 Å². The molecule has 1 atom stereocenters. The van der Waals surface area contributed by atoms with E-state index in [9.17, 15) is 14.7 Å². The Hall–Kier alpha value is -3.43. The molecule has 0 fully saturated rings. The largest absolute Gasteiger partial charge is 0.458 e. The Labute approximate surface area is 198 Å². The SMILES string of the molecule is CCCCC#Cc1cc(CC)c2nc3c(cc2c1)Cn1c-3cc2c(c1=O)COC(=O)[C@]2(O)CC. The highest BCUT2D eigenvalue weighted by Gasteiger charge is 2.45. The number of aryl methyl sites for hydroxylation is 1. The first-order valence-electron chi connectivity index (χ1n) is 12.0. The number of aromatic nitrogens is 2. The first-order valence-corrected chi connectivity index (χ1v) is 12.0. The van der Waals surface area contributed by atoms with Crippen molar-refractivity contribution in [1.82, 2.24) is 9.55 Å². The maximum atomic E-state index is 13.3. The van der Waals surface area contributed by atoms with Crippen LogP contribution in [0.3, 0.4) is 0 Å². The number of esters is 1. The Bertz CT molecular complexity index is 1460. The summed E-state index contributed by atoms with van der Waals surface area (Å²) < 4.78 is 6.82. The van der Waals surface area contributed by atoms with Crippen LogP contribution < -0.4 is 5.56 Å². The molecule has 5 rings (SSSR count). The zero-order valence-electron chi connectivity index (χ0n) is 19.8. The average Bonchev–Trinajstić information content (AvgIpc) is 3.20. The van der Waals surface area contributed by atoms with Crippen LogP contribution in [0.25, 0.3) is 22.3 Å². The van der Waals surface area contributed by atoms with Crippen molar-refractivity contribution in [3.05, 3.63) is 62.4 Å². The third kappa shape index (κ3) is 3.35. The second-order valence-electron chi connectivity index (χ2n) is 9.07. The van der Waals surface area contributed by atoms with Crippen molar-refractivity contribution in [2.75, 3.05) is 0 Å². The summed E-state index contributed by atoms with van der Waals surface area (Å²) in [5.74, 6) is 5.84. The number of pyridine rings is 2. The fourth-order valence-corrected chi connectivity index (χ4v) is 4.94. The van der Waals surface area contributed by atoms with Gasteiger partial charge < -0.3 is 14.4 Å². The molecule has 2 aromatic heterocycles. The zero-order valence-corrected chi connectivity index (χ0v) is 19.8. The summed E-state index contributed by atoms with van der Waals surface area (Å²) in [5, 5.41) is 12.0. The van der Waals surface area contributed by atoms with E-state index in [0.717, 1.165) is 59.0 Å². The highest BCUT2D eigenvalue weighted by molar-refractivity contribution is 5.88. The van der Waals surface area contributed by atoms with Gasteiger partial charge in [-0.25, -0.2) is 9.78 Å². The van der Waals surface area contributed by atoms with Gasteiger partial charge in [0.1, 0.15) is 6.61 Å². The predicted molar refractivity (Wildman–Crippen MR) is 130 cm³/mol. The first kappa shape index (κ1) is 22.4. The smallest absolute Gasteiger partial charge is 0.343 e. The van der Waals surface area contributed by atoms with Crippen LogP contribution in [0.15, 0.2) is 29.1 Å². The number of rotatable bonds is 4. The van der Waals surface area contributed by atoms with Crippen LogP contribution in [0.4, 0.5) is 0 Å². The van der Waals surface area contributed by atoms with Gasteiger partial charge in [0.15, 0.2) is 5.60 Å². The second kappa shape index (κ2) is 8.41. The van der Waals surface area contributed by atoms with E-state index in [1.165, 1.54) is 0 Å². The van der Waals surface area contributed by atoms with Gasteiger partial charge in [0.2, 0.25) is 0 Å². The van der Waals surface area contributed by atoms with Gasteiger partial charge in [-0.1, -0.05) is 39.0 Å². The lowest BCUT2D eigenvalue weighted by atomic mass is 9.86. The van der Waals surface area contributed by atoms with Gasteiger partial charge in [-0.05, 0) is 49.1 Å². The molecule has 1 N–H and O–H groups in total. The Morgan fingerprint density at radius 1 is 1.18 bits per heavy atom. The number of aliphatic hydroxyl groups is 1. The monoisotopic (exact) mass is 456 g/mol. The lowest BCUT2D eigenvalue weighted by Gasteiger charge is -2.31. The highest BCUT2D eigenvalue weighted by Crippen LogP contribution is 2.39. The van der Waals surface area contributed by atoms with E-state index in [2.05, 4.69) is 43.9 Å². The van der Waals surface area contributed by atoms with Crippen molar-refractivity contribution >= 4 is 16.9 Å². The van der Waals surface area contributed by atoms with Crippen molar-refractivity contribution in [3.8, 4) is 23.2 Å². The average molecular weight is 457 g/mol. The predicted octanol–water partition coefficient (Wildman–Crippen LogP) is 4.18. The number of fused-ring (bicyclic) bond motifs is 5. The van der Waals surface area contributed by atoms with Gasteiger partial charge in [-0.3, -0.25) is 4.79 Å². The van der Waals surface area contributed by atoms with Crippen LogP contribution in [0.2, 0.25) is 0 Å². The van der Waals surface area contributed by atoms with Crippen molar-refractivity contribution in [1.29, 1.82) is 0 Å². The van der Waals surface area contributed by atoms with Crippen LogP contribution in [0.1, 0.15) is 74.3 Å². The Balaban J connectivity index is 1.67. The fraction of sp³-hybridized carbons (Fsp3) is 0.393.